The molecule has 0 saturated heterocycles. The smallest absolute Gasteiger partial charge is 0.247 e. The zero-order valence-electron chi connectivity index (χ0n) is 18.0. The molecule has 1 atom stereocenters. The number of nitrogens with zero attached hydrogens (tertiary/aromatic N) is 3. The van der Waals surface area contributed by atoms with Crippen LogP contribution in [-0.4, -0.2) is 40.6 Å². The summed E-state index contributed by atoms with van der Waals surface area (Å²) in [5.41, 5.74) is 3.27. The van der Waals surface area contributed by atoms with E-state index in [0.29, 0.717) is 31.2 Å². The van der Waals surface area contributed by atoms with E-state index in [1.54, 1.807) is 0 Å². The standard InChI is InChI=1S/C24H30N4O2/c1-4-28(5-2)21(19-9-7-6-8-10-19)17-25-22(29)15-16-23-26-27-24(30-23)20-13-11-18(3)12-14-20/h6-14,21H,4-5,15-17H2,1-3H3,(H,25,29). The summed E-state index contributed by atoms with van der Waals surface area (Å²) in [5.74, 6) is 0.943. The summed E-state index contributed by atoms with van der Waals surface area (Å²) in [6, 6.07) is 18.4. The first-order valence-electron chi connectivity index (χ1n) is 10.6. The minimum atomic E-state index is -0.0156. The Bertz CT molecular complexity index is 918. The molecule has 1 unspecified atom stereocenters. The summed E-state index contributed by atoms with van der Waals surface area (Å²) in [6.45, 7) is 8.74. The van der Waals surface area contributed by atoms with E-state index in [-0.39, 0.29) is 11.9 Å². The maximum absolute atomic E-state index is 12.4. The number of likely N-dealkylation sites (N-methyl/N-ethyl adjacent to an activating group) is 1. The number of nitrogens with one attached hydrogen (secondary N) is 1. The summed E-state index contributed by atoms with van der Waals surface area (Å²) in [6.07, 6.45) is 0.737. The van der Waals surface area contributed by atoms with E-state index in [1.807, 2.05) is 49.4 Å². The molecule has 6 nitrogen and oxygen atoms in total. The largest absolute Gasteiger partial charge is 0.421 e. The molecule has 0 saturated carbocycles. The number of benzene rings is 2. The zero-order valence-corrected chi connectivity index (χ0v) is 18.0. The monoisotopic (exact) mass is 406 g/mol. The van der Waals surface area contributed by atoms with Crippen LogP contribution < -0.4 is 5.32 Å². The quantitative estimate of drug-likeness (QED) is 0.547. The minimum absolute atomic E-state index is 0.0156. The van der Waals surface area contributed by atoms with Crippen LogP contribution in [0.2, 0.25) is 0 Å². The fourth-order valence-corrected chi connectivity index (χ4v) is 3.48. The van der Waals surface area contributed by atoms with Crippen molar-refractivity contribution in [3.8, 4) is 11.5 Å². The number of carbonyl (C=O) groups is 1. The van der Waals surface area contributed by atoms with Crippen LogP contribution in [0, 0.1) is 6.92 Å². The van der Waals surface area contributed by atoms with E-state index in [2.05, 4.69) is 46.4 Å². The fourth-order valence-electron chi connectivity index (χ4n) is 3.48. The number of amides is 1. The summed E-state index contributed by atoms with van der Waals surface area (Å²) in [4.78, 5) is 14.8. The lowest BCUT2D eigenvalue weighted by Gasteiger charge is -2.30. The van der Waals surface area contributed by atoms with Crippen LogP contribution >= 0.6 is 0 Å². The first-order chi connectivity index (χ1) is 14.6. The van der Waals surface area contributed by atoms with Crippen LogP contribution in [0.5, 0.6) is 0 Å². The van der Waals surface area contributed by atoms with Gasteiger partial charge >= 0.3 is 0 Å². The second-order valence-electron chi connectivity index (χ2n) is 7.32. The molecule has 0 aliphatic rings. The van der Waals surface area contributed by atoms with Gasteiger partial charge in [0, 0.05) is 24.9 Å². The van der Waals surface area contributed by atoms with E-state index >= 15 is 0 Å². The lowest BCUT2D eigenvalue weighted by atomic mass is 10.0. The number of hydrogen-bond acceptors (Lipinski definition) is 5. The summed E-state index contributed by atoms with van der Waals surface area (Å²) < 4.78 is 5.72. The van der Waals surface area contributed by atoms with Gasteiger partial charge in [-0.05, 0) is 37.7 Å². The third-order valence-corrected chi connectivity index (χ3v) is 5.26. The molecule has 1 amide bonds. The molecule has 3 aromatic rings. The third-order valence-electron chi connectivity index (χ3n) is 5.26. The number of aromatic nitrogens is 2. The normalized spacial score (nSPS) is 12.1. The van der Waals surface area contributed by atoms with E-state index in [9.17, 15) is 4.79 Å². The Hall–Kier alpha value is -2.99. The lowest BCUT2D eigenvalue weighted by molar-refractivity contribution is -0.121. The van der Waals surface area contributed by atoms with Gasteiger partial charge in [0.15, 0.2) is 0 Å². The molecule has 2 aromatic carbocycles. The molecule has 0 radical (unpaired) electrons. The van der Waals surface area contributed by atoms with Crippen molar-refractivity contribution in [1.29, 1.82) is 0 Å². The minimum Gasteiger partial charge on any atom is -0.421 e. The molecule has 0 spiro atoms. The maximum atomic E-state index is 12.4. The molecule has 0 fully saturated rings. The molecule has 158 valence electrons. The number of carbonyl (C=O) groups excluding carboxylic acids is 1. The predicted molar refractivity (Wildman–Crippen MR) is 118 cm³/mol. The Labute approximate surface area is 178 Å². The first kappa shape index (κ1) is 21.7. The van der Waals surface area contributed by atoms with Crippen molar-refractivity contribution in [2.75, 3.05) is 19.6 Å². The summed E-state index contributed by atoms with van der Waals surface area (Å²) >= 11 is 0. The van der Waals surface area contributed by atoms with Crippen LogP contribution in [0.3, 0.4) is 0 Å². The van der Waals surface area contributed by atoms with Crippen LogP contribution in [0.15, 0.2) is 59.0 Å². The van der Waals surface area contributed by atoms with E-state index < -0.39 is 0 Å². The van der Waals surface area contributed by atoms with Gasteiger partial charge in [-0.1, -0.05) is 61.9 Å². The second kappa shape index (κ2) is 10.7. The van der Waals surface area contributed by atoms with Gasteiger partial charge in [-0.3, -0.25) is 9.69 Å². The Kier molecular flexibility index (Phi) is 7.74. The summed E-state index contributed by atoms with van der Waals surface area (Å²) in [7, 11) is 0. The van der Waals surface area contributed by atoms with Crippen molar-refractivity contribution in [3.63, 3.8) is 0 Å². The second-order valence-corrected chi connectivity index (χ2v) is 7.32. The molecule has 0 aliphatic heterocycles. The number of aryl methyl sites for hydroxylation is 2. The van der Waals surface area contributed by atoms with Crippen LogP contribution in [0.25, 0.3) is 11.5 Å². The average molecular weight is 407 g/mol. The van der Waals surface area contributed by atoms with E-state index in [4.69, 9.17) is 4.42 Å². The SMILES string of the molecule is CCN(CC)C(CNC(=O)CCc1nnc(-c2ccc(C)cc2)o1)c1ccccc1. The molecule has 1 heterocycles. The van der Waals surface area contributed by atoms with Gasteiger partial charge < -0.3 is 9.73 Å². The van der Waals surface area contributed by atoms with Crippen LogP contribution in [0.4, 0.5) is 0 Å². The van der Waals surface area contributed by atoms with Gasteiger partial charge in [-0.2, -0.15) is 0 Å². The molecule has 1 N–H and O–H groups in total. The molecule has 0 aliphatic carbocycles. The Balaban J connectivity index is 1.54. The average Bonchev–Trinajstić information content (AvgIpc) is 3.25. The van der Waals surface area contributed by atoms with Gasteiger partial charge in [0.2, 0.25) is 17.7 Å². The van der Waals surface area contributed by atoms with Crippen molar-refractivity contribution in [1.82, 2.24) is 20.4 Å². The summed E-state index contributed by atoms with van der Waals surface area (Å²) in [5, 5.41) is 11.3. The third kappa shape index (κ3) is 5.76. The van der Waals surface area contributed by atoms with Crippen molar-refractivity contribution in [2.24, 2.45) is 0 Å². The van der Waals surface area contributed by atoms with E-state index in [0.717, 1.165) is 18.7 Å². The Morgan fingerprint density at radius 2 is 1.73 bits per heavy atom. The highest BCUT2D eigenvalue weighted by molar-refractivity contribution is 5.76. The topological polar surface area (TPSA) is 71.3 Å². The predicted octanol–water partition coefficient (Wildman–Crippen LogP) is 4.18. The van der Waals surface area contributed by atoms with E-state index in [1.165, 1.54) is 11.1 Å². The van der Waals surface area contributed by atoms with Gasteiger partial charge in [-0.15, -0.1) is 10.2 Å². The van der Waals surface area contributed by atoms with Gasteiger partial charge in [-0.25, -0.2) is 0 Å². The first-order valence-corrected chi connectivity index (χ1v) is 10.6. The Morgan fingerprint density at radius 1 is 1.03 bits per heavy atom. The van der Waals surface area contributed by atoms with Crippen molar-refractivity contribution >= 4 is 5.91 Å². The molecule has 30 heavy (non-hydrogen) atoms. The van der Waals surface area contributed by atoms with Gasteiger partial charge in [0.25, 0.3) is 0 Å². The van der Waals surface area contributed by atoms with Gasteiger partial charge in [0.1, 0.15) is 0 Å². The zero-order chi connectivity index (χ0) is 21.3. The highest BCUT2D eigenvalue weighted by atomic mass is 16.4. The molecular weight excluding hydrogens is 376 g/mol. The number of rotatable bonds is 10. The van der Waals surface area contributed by atoms with Crippen molar-refractivity contribution in [2.45, 2.75) is 39.7 Å². The van der Waals surface area contributed by atoms with Crippen LogP contribution in [0.1, 0.15) is 43.3 Å². The molecular formula is C24H30N4O2. The molecule has 6 heteroatoms. The molecule has 0 bridgehead atoms. The van der Waals surface area contributed by atoms with Crippen LogP contribution in [-0.2, 0) is 11.2 Å². The molecule has 3 rings (SSSR count). The lowest BCUT2D eigenvalue weighted by Crippen LogP contribution is -2.38. The highest BCUT2D eigenvalue weighted by Gasteiger charge is 2.19. The van der Waals surface area contributed by atoms with Crippen molar-refractivity contribution < 1.29 is 9.21 Å². The molecule has 1 aromatic heterocycles. The number of hydrogen-bond donors (Lipinski definition) is 1. The fraction of sp³-hybridized carbons (Fsp3) is 0.375. The van der Waals surface area contributed by atoms with Gasteiger partial charge in [0.05, 0.1) is 6.04 Å². The highest BCUT2D eigenvalue weighted by Crippen LogP contribution is 2.20. The maximum Gasteiger partial charge on any atom is 0.247 e. The van der Waals surface area contributed by atoms with Crippen molar-refractivity contribution in [3.05, 3.63) is 71.6 Å². The Morgan fingerprint density at radius 3 is 2.40 bits per heavy atom.